The molecule has 4 aliphatic rings. The first-order chi connectivity index (χ1) is 46.0. The highest BCUT2D eigenvalue weighted by Crippen LogP contribution is 2.49. The number of likely N-dealkylation sites (N-methyl/N-ethyl adjacent to an activating group) is 2. The molecule has 1 spiro atoms. The van der Waals surface area contributed by atoms with Gasteiger partial charge in [0.1, 0.15) is 24.8 Å². The van der Waals surface area contributed by atoms with Crippen molar-refractivity contribution < 1.29 is 69.3 Å². The molecule has 3 N–H and O–H groups in total. The van der Waals surface area contributed by atoms with Crippen molar-refractivity contribution in [3.63, 3.8) is 0 Å². The van der Waals surface area contributed by atoms with E-state index >= 15 is 0 Å². The molecule has 10 rings (SSSR count). The summed E-state index contributed by atoms with van der Waals surface area (Å²) < 4.78 is 110. The Morgan fingerprint density at radius 3 is 1.95 bits per heavy atom. The quantitative estimate of drug-likeness (QED) is 0.0349. The topological polar surface area (TPSA) is 168 Å². The van der Waals surface area contributed by atoms with Gasteiger partial charge >= 0.3 is 18.4 Å². The van der Waals surface area contributed by atoms with E-state index in [2.05, 4.69) is 32.6 Å². The lowest BCUT2D eigenvalue weighted by molar-refractivity contribution is -0.143. The molecule has 6 aromatic carbocycles. The number of amides is 5. The van der Waals surface area contributed by atoms with Crippen molar-refractivity contribution >= 4 is 84.0 Å². The summed E-state index contributed by atoms with van der Waals surface area (Å²) in [5.74, 6) is -1.92. The number of ether oxygens (including phenoxy) is 2. The number of unbranched alkanes of at least 4 members (excludes halogenated alkanes) is 2. The van der Waals surface area contributed by atoms with E-state index in [1.165, 1.54) is 29.2 Å². The van der Waals surface area contributed by atoms with Crippen LogP contribution in [0.3, 0.4) is 0 Å². The van der Waals surface area contributed by atoms with E-state index in [0.29, 0.717) is 107 Å². The van der Waals surface area contributed by atoms with Crippen molar-refractivity contribution in [3.8, 4) is 11.1 Å². The number of anilines is 3. The number of hydrogen-bond donors (Lipinski definition) is 3. The molecular weight excluding hydrogens is 1360 g/mol. The number of carboxylic acid groups (broad SMARTS) is 1. The predicted molar refractivity (Wildman–Crippen MR) is 373 cm³/mol. The standard InChI is InChI=1S/C73H83F7N8O8.3ClH/c1-83(36-13-20-65(89)82-59-28-26-58(27-29-59)81-35-12-4-7-21-66(90)84(2)42-43-85-37-30-60(31-38-85)88(69(93)94)63-19-11-9-17-61(63)51-14-5-3-6-15-51)67(91)48-95-64-46-52-16-8-10-18-62(52)70(64)32-39-86(40-33-70)41-34-71(54-22-24-57(74)25-23-54)49-87(50-96-71)68(92)53-44-55(72(75,76)77)47-56(45-53)73(78,79)80;;;/h3,5-6,8-11,14-19,22-29,44-45,47,60,64,81H,4,7,12-13,20-21,30-43,46,48-50H2,1-2H3,(H,82,89)(H,93,94);3*1H/t64-,71-;;;/m0.../s1. The van der Waals surface area contributed by atoms with Gasteiger partial charge in [-0.3, -0.25) is 24.1 Å². The summed E-state index contributed by atoms with van der Waals surface area (Å²) in [7, 11) is 3.52. The highest BCUT2D eigenvalue weighted by atomic mass is 35.5. The van der Waals surface area contributed by atoms with Crippen LogP contribution in [0.25, 0.3) is 11.1 Å². The average molecular weight is 1440 g/mol. The molecule has 16 nitrogen and oxygen atoms in total. The van der Waals surface area contributed by atoms with Crippen LogP contribution in [0, 0.1) is 5.82 Å². The summed E-state index contributed by atoms with van der Waals surface area (Å²) in [6, 6.07) is 39.1. The Labute approximate surface area is 591 Å². The van der Waals surface area contributed by atoms with Gasteiger partial charge in [0.15, 0.2) is 0 Å². The molecule has 99 heavy (non-hydrogen) atoms. The van der Waals surface area contributed by atoms with Gasteiger partial charge in [-0.1, -0.05) is 91.3 Å². The first kappa shape index (κ1) is 78.8. The number of likely N-dealkylation sites (tertiary alicyclic amines) is 2. The van der Waals surface area contributed by atoms with Gasteiger partial charge in [-0.05, 0) is 154 Å². The number of para-hydroxylation sites is 1. The lowest BCUT2D eigenvalue weighted by Crippen LogP contribution is -2.50. The molecule has 1 aliphatic carbocycles. The molecule has 536 valence electrons. The number of nitrogens with zero attached hydrogens (tertiary/aromatic N) is 6. The minimum absolute atomic E-state index is 0. The van der Waals surface area contributed by atoms with Crippen molar-refractivity contribution in [3.05, 3.63) is 185 Å². The minimum atomic E-state index is -5.15. The fourth-order valence-corrected chi connectivity index (χ4v) is 13.9. The number of piperidine rings is 2. The normalized spacial score (nSPS) is 17.7. The summed E-state index contributed by atoms with van der Waals surface area (Å²) >= 11 is 0. The predicted octanol–water partition coefficient (Wildman–Crippen LogP) is 14.4. The SMILES string of the molecule is CN(CCN1CCC(N(C(=O)O)c2ccccc2-c2ccccc2)CC1)C(=O)CCCCCNc1ccc(NC(=O)CCCN(C)C(=O)CO[C@H]2Cc3ccccc3C23CCN(CC[C@@]2(c4ccc(F)cc4)CN(C(=O)c4cc(C(F)(F)F)cc(C(F)(F)F)c4)CO2)CC3)cc1.Cl.Cl.Cl. The van der Waals surface area contributed by atoms with Crippen molar-refractivity contribution in [2.24, 2.45) is 0 Å². The second-order valence-electron chi connectivity index (χ2n) is 25.7. The van der Waals surface area contributed by atoms with Crippen molar-refractivity contribution in [2.45, 2.75) is 113 Å². The van der Waals surface area contributed by atoms with Crippen molar-refractivity contribution in [1.29, 1.82) is 0 Å². The van der Waals surface area contributed by atoms with Crippen LogP contribution in [0.15, 0.2) is 146 Å². The molecule has 0 unspecified atom stereocenters. The van der Waals surface area contributed by atoms with Crippen LogP contribution in [0.1, 0.15) is 109 Å². The number of nitrogens with one attached hydrogen (secondary N) is 2. The van der Waals surface area contributed by atoms with E-state index in [1.54, 1.807) is 16.8 Å². The van der Waals surface area contributed by atoms with E-state index in [1.807, 2.05) is 98.0 Å². The molecule has 3 heterocycles. The third-order valence-corrected chi connectivity index (χ3v) is 19.4. The number of alkyl halides is 6. The van der Waals surface area contributed by atoms with Gasteiger partial charge in [0, 0.05) is 107 Å². The number of fused-ring (bicyclic) bond motifs is 2. The molecule has 3 aliphatic heterocycles. The number of rotatable bonds is 26. The molecule has 6 aromatic rings. The maximum atomic E-state index is 14.2. The van der Waals surface area contributed by atoms with Crippen molar-refractivity contribution in [2.75, 3.05) is 108 Å². The summed E-state index contributed by atoms with van der Waals surface area (Å²) in [5, 5.41) is 16.7. The first-order valence-electron chi connectivity index (χ1n) is 32.9. The molecule has 3 saturated heterocycles. The Morgan fingerprint density at radius 2 is 1.28 bits per heavy atom. The zero-order chi connectivity index (χ0) is 68.2. The Balaban J connectivity index is 0.00000459. The monoisotopic (exact) mass is 1440 g/mol. The largest absolute Gasteiger partial charge is 0.465 e. The molecule has 2 atom stereocenters. The molecular formula is C73H86Cl3F7N8O8. The lowest BCUT2D eigenvalue weighted by Gasteiger charge is -2.44. The molecule has 26 heteroatoms. The Morgan fingerprint density at radius 1 is 0.667 bits per heavy atom. The van der Waals surface area contributed by atoms with Gasteiger partial charge in [0.2, 0.25) is 17.7 Å². The summed E-state index contributed by atoms with van der Waals surface area (Å²) in [6.45, 7) is 4.68. The van der Waals surface area contributed by atoms with Crippen LogP contribution >= 0.6 is 37.2 Å². The second-order valence-corrected chi connectivity index (χ2v) is 25.7. The third-order valence-electron chi connectivity index (χ3n) is 19.4. The van der Waals surface area contributed by atoms with Gasteiger partial charge in [0.25, 0.3) is 5.91 Å². The molecule has 0 radical (unpaired) electrons. The van der Waals surface area contributed by atoms with Gasteiger partial charge in [-0.2, -0.15) is 26.3 Å². The van der Waals surface area contributed by atoms with Gasteiger partial charge in [-0.25, -0.2) is 9.18 Å². The van der Waals surface area contributed by atoms with E-state index in [9.17, 15) is 59.8 Å². The lowest BCUT2D eigenvalue weighted by atomic mass is 9.72. The first-order valence-corrected chi connectivity index (χ1v) is 32.9. The minimum Gasteiger partial charge on any atom is -0.465 e. The molecule has 5 amide bonds. The molecule has 0 bridgehead atoms. The maximum absolute atomic E-state index is 14.2. The number of carbonyl (C=O) groups excluding carboxylic acids is 4. The number of halogens is 10. The summed E-state index contributed by atoms with van der Waals surface area (Å²) in [6.07, 6.45) is -4.39. The Hall–Kier alpha value is -7.51. The third kappa shape index (κ3) is 19.9. The highest BCUT2D eigenvalue weighted by Gasteiger charge is 2.50. The van der Waals surface area contributed by atoms with Crippen LogP contribution in [0.4, 0.5) is 52.6 Å². The Kier molecular flexibility index (Phi) is 28.0. The second kappa shape index (κ2) is 35.2. The van der Waals surface area contributed by atoms with Crippen LogP contribution in [0.5, 0.6) is 0 Å². The van der Waals surface area contributed by atoms with E-state index in [-0.39, 0.29) is 99.1 Å². The van der Waals surface area contributed by atoms with Crippen LogP contribution in [-0.2, 0) is 53.6 Å². The molecule has 3 fully saturated rings. The summed E-state index contributed by atoms with van der Waals surface area (Å²) in [4.78, 5) is 76.5. The Bertz CT molecular complexity index is 3630. The number of benzene rings is 6. The van der Waals surface area contributed by atoms with E-state index in [0.717, 1.165) is 78.3 Å². The van der Waals surface area contributed by atoms with Crippen LogP contribution in [0.2, 0.25) is 0 Å². The fraction of sp³-hybridized carbons (Fsp3) is 0.438. The maximum Gasteiger partial charge on any atom is 0.416 e. The zero-order valence-electron chi connectivity index (χ0n) is 55.3. The van der Waals surface area contributed by atoms with E-state index in [4.69, 9.17) is 9.47 Å². The van der Waals surface area contributed by atoms with Gasteiger partial charge < -0.3 is 49.7 Å². The number of hydrogen-bond acceptors (Lipinski definition) is 10. The summed E-state index contributed by atoms with van der Waals surface area (Å²) in [5.41, 5.74) is 1.18. The average Bonchev–Trinajstić information content (AvgIpc) is 1.63. The van der Waals surface area contributed by atoms with Gasteiger partial charge in [-0.15, -0.1) is 37.2 Å². The number of carbonyl (C=O) groups is 5. The smallest absolute Gasteiger partial charge is 0.416 e. The molecule has 0 saturated carbocycles. The fourth-order valence-electron chi connectivity index (χ4n) is 13.9. The van der Waals surface area contributed by atoms with Crippen molar-refractivity contribution in [1.82, 2.24) is 24.5 Å². The van der Waals surface area contributed by atoms with E-state index < -0.39 is 64.6 Å². The van der Waals surface area contributed by atoms with Gasteiger partial charge in [0.05, 0.1) is 29.5 Å². The molecule has 0 aromatic heterocycles. The van der Waals surface area contributed by atoms with Crippen LogP contribution < -0.4 is 15.5 Å². The highest BCUT2D eigenvalue weighted by molar-refractivity contribution is 5.95. The van der Waals surface area contributed by atoms with Crippen LogP contribution in [-0.4, -0.2) is 164 Å². The zero-order valence-corrected chi connectivity index (χ0v) is 57.8.